The summed E-state index contributed by atoms with van der Waals surface area (Å²) in [5, 5.41) is 21.6. The first-order valence-corrected chi connectivity index (χ1v) is 9.26. The van der Waals surface area contributed by atoms with Crippen LogP contribution in [0.2, 0.25) is 0 Å². The molecule has 1 aliphatic rings. The first kappa shape index (κ1) is 22.9. The maximum absolute atomic E-state index is 12.7. The fourth-order valence-electron chi connectivity index (χ4n) is 3.33. The number of amides is 3. The van der Waals surface area contributed by atoms with Gasteiger partial charge in [-0.15, -0.1) is 0 Å². The Kier molecular flexibility index (Phi) is 6.30. The Bertz CT molecular complexity index is 1040. The van der Waals surface area contributed by atoms with E-state index in [2.05, 4.69) is 15.3 Å². The average molecular weight is 453 g/mol. The summed E-state index contributed by atoms with van der Waals surface area (Å²) in [5.41, 5.74) is 4.80. The number of aliphatic hydroxyl groups excluding tert-OH is 1. The summed E-state index contributed by atoms with van der Waals surface area (Å²) in [4.78, 5) is 43.6. The molecule has 1 saturated heterocycles. The van der Waals surface area contributed by atoms with Crippen LogP contribution in [-0.2, 0) is 17.5 Å². The molecule has 0 bridgehead atoms. The van der Waals surface area contributed by atoms with Crippen molar-refractivity contribution in [3.05, 3.63) is 47.4 Å². The van der Waals surface area contributed by atoms with Crippen molar-refractivity contribution in [2.24, 2.45) is 5.73 Å². The number of nitrogens with two attached hydrogens (primary N) is 1. The van der Waals surface area contributed by atoms with Crippen LogP contribution in [0.5, 0.6) is 0 Å². The highest BCUT2D eigenvalue weighted by atomic mass is 19.4. The van der Waals surface area contributed by atoms with E-state index in [1.54, 1.807) is 0 Å². The molecule has 32 heavy (non-hydrogen) atoms. The highest BCUT2D eigenvalue weighted by molar-refractivity contribution is 5.94. The van der Waals surface area contributed by atoms with E-state index in [9.17, 15) is 37.8 Å². The molecule has 0 saturated carbocycles. The summed E-state index contributed by atoms with van der Waals surface area (Å²) in [5.74, 6) is -1.63. The molecule has 3 rings (SSSR count). The Morgan fingerprint density at radius 2 is 1.94 bits per heavy atom. The zero-order valence-electron chi connectivity index (χ0n) is 16.3. The third-order valence-corrected chi connectivity index (χ3v) is 4.94. The molecule has 3 heterocycles. The number of hydrogen-bond donors (Lipinski definition) is 4. The lowest BCUT2D eigenvalue weighted by molar-refractivity contribution is -0.141. The molecule has 1 aliphatic heterocycles. The van der Waals surface area contributed by atoms with Crippen LogP contribution in [0.25, 0.3) is 11.3 Å². The second-order valence-electron chi connectivity index (χ2n) is 7.02. The van der Waals surface area contributed by atoms with Crippen molar-refractivity contribution in [1.82, 2.24) is 20.2 Å². The molecule has 10 nitrogen and oxygen atoms in total. The third-order valence-electron chi connectivity index (χ3n) is 4.94. The van der Waals surface area contributed by atoms with E-state index in [4.69, 9.17) is 5.73 Å². The minimum Gasteiger partial charge on any atom is -0.465 e. The summed E-state index contributed by atoms with van der Waals surface area (Å²) < 4.78 is 38.1. The number of alkyl halides is 3. The van der Waals surface area contributed by atoms with Gasteiger partial charge in [0.05, 0.1) is 17.4 Å². The Morgan fingerprint density at radius 3 is 2.50 bits per heavy atom. The first-order valence-electron chi connectivity index (χ1n) is 9.26. The zero-order chi connectivity index (χ0) is 23.6. The summed E-state index contributed by atoms with van der Waals surface area (Å²) in [6, 6.07) is 1.97. The second kappa shape index (κ2) is 8.78. The van der Waals surface area contributed by atoms with Gasteiger partial charge >= 0.3 is 12.3 Å². The van der Waals surface area contributed by atoms with E-state index in [-0.39, 0.29) is 41.9 Å². The predicted molar refractivity (Wildman–Crippen MR) is 102 cm³/mol. The van der Waals surface area contributed by atoms with Gasteiger partial charge in [-0.25, -0.2) is 4.79 Å². The molecule has 0 aliphatic carbocycles. The molecular weight excluding hydrogens is 435 g/mol. The van der Waals surface area contributed by atoms with Crippen LogP contribution in [0.15, 0.2) is 30.6 Å². The van der Waals surface area contributed by atoms with Crippen molar-refractivity contribution in [1.29, 1.82) is 0 Å². The minimum absolute atomic E-state index is 0.0125. The predicted octanol–water partition coefficient (Wildman–Crippen LogP) is 0.991. The number of nitrogens with one attached hydrogen (secondary N) is 1. The number of aliphatic hydroxyl groups is 1. The summed E-state index contributed by atoms with van der Waals surface area (Å²) >= 11 is 0. The van der Waals surface area contributed by atoms with Gasteiger partial charge in [-0.3, -0.25) is 24.5 Å². The van der Waals surface area contributed by atoms with Crippen LogP contribution in [0.3, 0.4) is 0 Å². The molecule has 1 fully saturated rings. The van der Waals surface area contributed by atoms with Gasteiger partial charge in [0.2, 0.25) is 5.91 Å². The van der Waals surface area contributed by atoms with Crippen LogP contribution < -0.4 is 11.1 Å². The second-order valence-corrected chi connectivity index (χ2v) is 7.02. The highest BCUT2D eigenvalue weighted by Crippen LogP contribution is 2.29. The summed E-state index contributed by atoms with van der Waals surface area (Å²) in [6.07, 6.45) is -4.97. The van der Waals surface area contributed by atoms with Crippen LogP contribution in [-0.4, -0.2) is 61.7 Å². The van der Waals surface area contributed by atoms with E-state index >= 15 is 0 Å². The molecule has 0 radical (unpaired) electrons. The number of pyridine rings is 2. The van der Waals surface area contributed by atoms with Gasteiger partial charge in [-0.05, 0) is 30.2 Å². The van der Waals surface area contributed by atoms with E-state index in [0.717, 1.165) is 29.4 Å². The Balaban J connectivity index is 1.83. The summed E-state index contributed by atoms with van der Waals surface area (Å²) in [7, 11) is 0. The Hall–Kier alpha value is -3.74. The molecule has 0 spiro atoms. The van der Waals surface area contributed by atoms with E-state index in [1.807, 2.05) is 0 Å². The lowest BCUT2D eigenvalue weighted by atomic mass is 10.0. The van der Waals surface area contributed by atoms with Gasteiger partial charge < -0.3 is 21.3 Å². The largest absolute Gasteiger partial charge is 0.465 e. The van der Waals surface area contributed by atoms with Gasteiger partial charge in [0.15, 0.2) is 0 Å². The lowest BCUT2D eigenvalue weighted by Gasteiger charge is -2.22. The standard InChI is InChI=1S/C19H18F3N5O5/c20-19(21,22)14-2-1-9(6-25-14)12-5-10(11(8-24-12)16(23)29)7-26-17(30)15-13(28)3-4-27(15)18(31)32/h1-2,5-6,8,13,15,28H,3-4,7H2,(H2,23,29)(H,26,30)(H,31,32). The molecule has 2 aromatic rings. The zero-order valence-corrected chi connectivity index (χ0v) is 16.3. The number of carbonyl (C=O) groups is 3. The average Bonchev–Trinajstić information content (AvgIpc) is 3.13. The van der Waals surface area contributed by atoms with E-state index < -0.39 is 41.9 Å². The number of primary amides is 1. The molecule has 2 aromatic heterocycles. The van der Waals surface area contributed by atoms with Crippen molar-refractivity contribution in [2.45, 2.75) is 31.3 Å². The van der Waals surface area contributed by atoms with Crippen LogP contribution >= 0.6 is 0 Å². The molecule has 0 aromatic carbocycles. The van der Waals surface area contributed by atoms with Gasteiger partial charge in [-0.2, -0.15) is 13.2 Å². The van der Waals surface area contributed by atoms with E-state index in [0.29, 0.717) is 0 Å². The number of carboxylic acid groups (broad SMARTS) is 1. The first-order chi connectivity index (χ1) is 15.0. The van der Waals surface area contributed by atoms with Gasteiger partial charge in [0.25, 0.3) is 5.91 Å². The molecule has 5 N–H and O–H groups in total. The SMILES string of the molecule is NC(=O)c1cnc(-c2ccc(C(F)(F)F)nc2)cc1CNC(=O)C1C(O)CCN1C(=O)O. The summed E-state index contributed by atoms with van der Waals surface area (Å²) in [6.45, 7) is -0.279. The minimum atomic E-state index is -4.61. The topological polar surface area (TPSA) is 159 Å². The quantitative estimate of drug-likeness (QED) is 0.525. The van der Waals surface area contributed by atoms with Crippen molar-refractivity contribution in [2.75, 3.05) is 6.54 Å². The Labute approximate surface area is 178 Å². The number of likely N-dealkylation sites (tertiary alicyclic amines) is 1. The highest BCUT2D eigenvalue weighted by Gasteiger charge is 2.41. The maximum atomic E-state index is 12.7. The third kappa shape index (κ3) is 4.77. The van der Waals surface area contributed by atoms with Gasteiger partial charge in [-0.1, -0.05) is 0 Å². The molecule has 2 atom stereocenters. The molecule has 3 amide bonds. The molecule has 13 heteroatoms. The van der Waals surface area contributed by atoms with Crippen molar-refractivity contribution in [3.63, 3.8) is 0 Å². The number of aromatic nitrogens is 2. The van der Waals surface area contributed by atoms with Crippen LogP contribution in [0.1, 0.15) is 28.0 Å². The monoisotopic (exact) mass is 453 g/mol. The molecular formula is C19H18F3N5O5. The van der Waals surface area contributed by atoms with Crippen LogP contribution in [0, 0.1) is 0 Å². The van der Waals surface area contributed by atoms with Crippen molar-refractivity contribution in [3.8, 4) is 11.3 Å². The molecule has 170 valence electrons. The lowest BCUT2D eigenvalue weighted by Crippen LogP contribution is -2.49. The van der Waals surface area contributed by atoms with Gasteiger partial charge in [0.1, 0.15) is 11.7 Å². The fourth-order valence-corrected chi connectivity index (χ4v) is 3.33. The van der Waals surface area contributed by atoms with Crippen molar-refractivity contribution >= 4 is 17.9 Å². The van der Waals surface area contributed by atoms with E-state index in [1.165, 1.54) is 6.07 Å². The maximum Gasteiger partial charge on any atom is 0.433 e. The number of halogens is 3. The molecule has 2 unspecified atom stereocenters. The number of rotatable bonds is 5. The normalized spacial score (nSPS) is 18.4. The Morgan fingerprint density at radius 1 is 1.22 bits per heavy atom. The number of carbonyl (C=O) groups excluding carboxylic acids is 2. The van der Waals surface area contributed by atoms with Crippen molar-refractivity contribution < 1.29 is 37.8 Å². The fraction of sp³-hybridized carbons (Fsp3) is 0.316. The number of nitrogens with zero attached hydrogens (tertiary/aromatic N) is 3. The smallest absolute Gasteiger partial charge is 0.433 e. The van der Waals surface area contributed by atoms with Crippen LogP contribution in [0.4, 0.5) is 18.0 Å². The van der Waals surface area contributed by atoms with Gasteiger partial charge in [0, 0.05) is 31.0 Å². The number of hydrogen-bond acceptors (Lipinski definition) is 6.